The lowest BCUT2D eigenvalue weighted by Gasteiger charge is -2.31. The lowest BCUT2D eigenvalue weighted by Crippen LogP contribution is -2.40. The second-order valence-corrected chi connectivity index (χ2v) is 10.4. The summed E-state index contributed by atoms with van der Waals surface area (Å²) in [5.41, 5.74) is 2.82. The van der Waals surface area contributed by atoms with Gasteiger partial charge in [-0.05, 0) is 92.7 Å². The van der Waals surface area contributed by atoms with Gasteiger partial charge < -0.3 is 10.4 Å². The molecule has 2 saturated heterocycles. The Morgan fingerprint density at radius 1 is 1.03 bits per heavy atom. The van der Waals surface area contributed by atoms with E-state index < -0.39 is 18.2 Å². The number of carboxylic acid groups (broad SMARTS) is 1. The van der Waals surface area contributed by atoms with Crippen molar-refractivity contribution < 1.29 is 27.9 Å². The SMILES string of the molecule is O=C(O)CN1CCC(c2ccc(C(=O)Nc3ccc(Br)c(CN4CCC[C@H]4C(F)(F)F)c3)cc2)CC1. The molecule has 2 heterocycles. The average molecular weight is 568 g/mol. The molecular formula is C26H29BrF3N3O3. The van der Waals surface area contributed by atoms with Crippen molar-refractivity contribution in [2.24, 2.45) is 0 Å². The number of nitrogens with one attached hydrogen (secondary N) is 1. The van der Waals surface area contributed by atoms with Crippen LogP contribution in [0.25, 0.3) is 0 Å². The van der Waals surface area contributed by atoms with Crippen molar-refractivity contribution in [2.45, 2.75) is 50.4 Å². The zero-order chi connectivity index (χ0) is 25.9. The van der Waals surface area contributed by atoms with Gasteiger partial charge in [0.15, 0.2) is 0 Å². The highest BCUT2D eigenvalue weighted by Crippen LogP contribution is 2.35. The van der Waals surface area contributed by atoms with Crippen LogP contribution >= 0.6 is 15.9 Å². The minimum Gasteiger partial charge on any atom is -0.480 e. The van der Waals surface area contributed by atoms with E-state index in [9.17, 15) is 22.8 Å². The number of rotatable bonds is 7. The number of anilines is 1. The van der Waals surface area contributed by atoms with Gasteiger partial charge in [-0.1, -0.05) is 28.1 Å². The van der Waals surface area contributed by atoms with Crippen molar-refractivity contribution in [1.29, 1.82) is 0 Å². The molecule has 0 unspecified atom stereocenters. The van der Waals surface area contributed by atoms with Crippen molar-refractivity contribution in [2.75, 3.05) is 31.5 Å². The van der Waals surface area contributed by atoms with E-state index in [4.69, 9.17) is 5.11 Å². The summed E-state index contributed by atoms with van der Waals surface area (Å²) in [7, 11) is 0. The van der Waals surface area contributed by atoms with E-state index in [2.05, 4.69) is 21.2 Å². The van der Waals surface area contributed by atoms with Gasteiger partial charge in [0.05, 0.1) is 6.54 Å². The number of benzene rings is 2. The van der Waals surface area contributed by atoms with Crippen LogP contribution in [0.2, 0.25) is 0 Å². The largest absolute Gasteiger partial charge is 0.480 e. The first-order chi connectivity index (χ1) is 17.1. The van der Waals surface area contributed by atoms with Gasteiger partial charge in [0.2, 0.25) is 0 Å². The first-order valence-electron chi connectivity index (χ1n) is 12.0. The summed E-state index contributed by atoms with van der Waals surface area (Å²) in [6.07, 6.45) is -1.90. The molecule has 2 aromatic carbocycles. The topological polar surface area (TPSA) is 72.9 Å². The molecule has 36 heavy (non-hydrogen) atoms. The molecule has 2 aliphatic rings. The zero-order valence-corrected chi connectivity index (χ0v) is 21.3. The lowest BCUT2D eigenvalue weighted by molar-refractivity contribution is -0.177. The van der Waals surface area contributed by atoms with E-state index in [1.54, 1.807) is 30.3 Å². The highest BCUT2D eigenvalue weighted by molar-refractivity contribution is 9.10. The molecular weight excluding hydrogens is 539 g/mol. The van der Waals surface area contributed by atoms with Crippen LogP contribution in [0.15, 0.2) is 46.9 Å². The molecule has 10 heteroatoms. The Bertz CT molecular complexity index is 1090. The Balaban J connectivity index is 1.37. The van der Waals surface area contributed by atoms with Gasteiger partial charge in [-0.3, -0.25) is 19.4 Å². The average Bonchev–Trinajstić information content (AvgIpc) is 3.30. The van der Waals surface area contributed by atoms with Crippen LogP contribution < -0.4 is 5.32 Å². The number of halogens is 4. The molecule has 1 atom stereocenters. The second kappa shape index (κ2) is 11.3. The number of amides is 1. The van der Waals surface area contributed by atoms with Gasteiger partial charge in [-0.2, -0.15) is 13.2 Å². The summed E-state index contributed by atoms with van der Waals surface area (Å²) in [4.78, 5) is 27.1. The first-order valence-corrected chi connectivity index (χ1v) is 12.8. The summed E-state index contributed by atoms with van der Waals surface area (Å²) in [6.45, 7) is 2.05. The Morgan fingerprint density at radius 2 is 1.72 bits per heavy atom. The van der Waals surface area contributed by atoms with Gasteiger partial charge in [0.1, 0.15) is 6.04 Å². The number of nitrogens with zero attached hydrogens (tertiary/aromatic N) is 2. The lowest BCUT2D eigenvalue weighted by atomic mass is 9.89. The Morgan fingerprint density at radius 3 is 2.36 bits per heavy atom. The predicted octanol–water partition coefficient (Wildman–Crippen LogP) is 5.49. The number of hydrogen-bond acceptors (Lipinski definition) is 4. The quantitative estimate of drug-likeness (QED) is 0.462. The maximum atomic E-state index is 13.3. The number of alkyl halides is 3. The fraction of sp³-hybridized carbons (Fsp3) is 0.462. The van der Waals surface area contributed by atoms with Crippen LogP contribution in [-0.4, -0.2) is 65.2 Å². The molecule has 0 aliphatic carbocycles. The summed E-state index contributed by atoms with van der Waals surface area (Å²) >= 11 is 3.43. The van der Waals surface area contributed by atoms with Crippen LogP contribution in [0.5, 0.6) is 0 Å². The summed E-state index contributed by atoms with van der Waals surface area (Å²) in [5.74, 6) is -0.781. The fourth-order valence-corrected chi connectivity index (χ4v) is 5.48. The predicted molar refractivity (Wildman–Crippen MR) is 134 cm³/mol. The number of likely N-dealkylation sites (tertiary alicyclic amines) is 2. The Kier molecular flexibility index (Phi) is 8.37. The standard InChI is InChI=1S/C26H29BrF3N3O3/c27-22-8-7-21(14-20(22)15-33-11-1-2-23(33)26(28,29)30)31-25(36)19-5-3-17(4-6-19)18-9-12-32(13-10-18)16-24(34)35/h3-8,14,18,23H,1-2,9-13,15-16H2,(H,31,36)(H,34,35)/t23-/m0/s1. The molecule has 0 aromatic heterocycles. The number of carboxylic acids is 1. The van der Waals surface area contributed by atoms with Crippen LogP contribution in [0, 0.1) is 0 Å². The van der Waals surface area contributed by atoms with Crippen LogP contribution in [-0.2, 0) is 11.3 Å². The smallest absolute Gasteiger partial charge is 0.404 e. The highest BCUT2D eigenvalue weighted by atomic mass is 79.9. The van der Waals surface area contributed by atoms with Crippen LogP contribution in [0.4, 0.5) is 18.9 Å². The number of piperidine rings is 1. The minimum absolute atomic E-state index is 0.0601. The maximum Gasteiger partial charge on any atom is 0.404 e. The zero-order valence-electron chi connectivity index (χ0n) is 19.7. The molecule has 2 aromatic rings. The molecule has 0 radical (unpaired) electrons. The first kappa shape index (κ1) is 26.6. The van der Waals surface area contributed by atoms with Gasteiger partial charge in [0, 0.05) is 22.3 Å². The van der Waals surface area contributed by atoms with Crippen molar-refractivity contribution >= 4 is 33.5 Å². The van der Waals surface area contributed by atoms with Gasteiger partial charge in [-0.25, -0.2) is 0 Å². The molecule has 2 N–H and O–H groups in total. The van der Waals surface area contributed by atoms with Gasteiger partial charge >= 0.3 is 12.1 Å². The number of carbonyl (C=O) groups is 2. The van der Waals surface area contributed by atoms with E-state index in [-0.39, 0.29) is 25.4 Å². The van der Waals surface area contributed by atoms with Crippen molar-refractivity contribution in [3.8, 4) is 0 Å². The fourth-order valence-electron chi connectivity index (χ4n) is 5.10. The van der Waals surface area contributed by atoms with E-state index in [1.807, 2.05) is 17.0 Å². The third-order valence-electron chi connectivity index (χ3n) is 7.01. The Labute approximate surface area is 216 Å². The molecule has 2 aliphatic heterocycles. The van der Waals surface area contributed by atoms with E-state index in [0.29, 0.717) is 40.2 Å². The highest BCUT2D eigenvalue weighted by Gasteiger charge is 2.45. The van der Waals surface area contributed by atoms with Crippen LogP contribution in [0.1, 0.15) is 53.1 Å². The van der Waals surface area contributed by atoms with Crippen molar-refractivity contribution in [3.05, 3.63) is 63.6 Å². The normalized spacial score (nSPS) is 19.9. The molecule has 4 rings (SSSR count). The molecule has 0 saturated carbocycles. The monoisotopic (exact) mass is 567 g/mol. The minimum atomic E-state index is -4.25. The van der Waals surface area contributed by atoms with Crippen LogP contribution in [0.3, 0.4) is 0 Å². The van der Waals surface area contributed by atoms with E-state index in [0.717, 1.165) is 31.5 Å². The number of carbonyl (C=O) groups excluding carboxylic acids is 1. The maximum absolute atomic E-state index is 13.3. The third-order valence-corrected chi connectivity index (χ3v) is 7.78. The number of hydrogen-bond donors (Lipinski definition) is 2. The molecule has 1 amide bonds. The van der Waals surface area contributed by atoms with E-state index >= 15 is 0 Å². The molecule has 2 fully saturated rings. The molecule has 0 bridgehead atoms. The van der Waals surface area contributed by atoms with Gasteiger partial charge in [-0.15, -0.1) is 0 Å². The second-order valence-electron chi connectivity index (χ2n) is 9.50. The van der Waals surface area contributed by atoms with Crippen molar-refractivity contribution in [3.63, 3.8) is 0 Å². The van der Waals surface area contributed by atoms with Crippen molar-refractivity contribution in [1.82, 2.24) is 9.80 Å². The van der Waals surface area contributed by atoms with Gasteiger partial charge in [0.25, 0.3) is 5.91 Å². The van der Waals surface area contributed by atoms with E-state index in [1.165, 1.54) is 4.90 Å². The molecule has 0 spiro atoms. The number of aliphatic carboxylic acids is 1. The summed E-state index contributed by atoms with van der Waals surface area (Å²) in [5, 5.41) is 11.8. The molecule has 194 valence electrons. The Hall–Kier alpha value is -2.43. The molecule has 6 nitrogen and oxygen atoms in total. The summed E-state index contributed by atoms with van der Waals surface area (Å²) < 4.78 is 40.7. The third kappa shape index (κ3) is 6.66. The summed E-state index contributed by atoms with van der Waals surface area (Å²) in [6, 6.07) is 11.1.